The van der Waals surface area contributed by atoms with Gasteiger partial charge in [0.05, 0.1) is 11.0 Å². The summed E-state index contributed by atoms with van der Waals surface area (Å²) in [5, 5.41) is 14.7. The van der Waals surface area contributed by atoms with Crippen molar-refractivity contribution in [2.75, 3.05) is 37.6 Å². The molecule has 3 heterocycles. The van der Waals surface area contributed by atoms with E-state index in [2.05, 4.69) is 39.8 Å². The summed E-state index contributed by atoms with van der Waals surface area (Å²) < 4.78 is 2.04. The summed E-state index contributed by atoms with van der Waals surface area (Å²) in [4.78, 5) is 15.2. The van der Waals surface area contributed by atoms with Gasteiger partial charge in [0.25, 0.3) is 0 Å². The number of nitrogens with zero attached hydrogens (tertiary/aromatic N) is 3. The number of fused-ring (bicyclic) bond motifs is 1. The molecule has 0 bridgehead atoms. The quantitative estimate of drug-likeness (QED) is 0.692. The molecule has 6 nitrogen and oxygen atoms in total. The van der Waals surface area contributed by atoms with E-state index < -0.39 is 0 Å². The van der Waals surface area contributed by atoms with Gasteiger partial charge in [-0.2, -0.15) is 0 Å². The van der Waals surface area contributed by atoms with Crippen LogP contribution in [0.15, 0.2) is 36.4 Å². The maximum absolute atomic E-state index is 12.8. The fourth-order valence-electron chi connectivity index (χ4n) is 5.21. The topological polar surface area (TPSA) is 62.2 Å². The molecule has 1 amide bonds. The number of halogens is 1. The van der Waals surface area contributed by atoms with Gasteiger partial charge in [-0.3, -0.25) is 4.79 Å². The van der Waals surface area contributed by atoms with E-state index in [1.165, 1.54) is 0 Å². The number of carbonyl (C=O) groups is 1. The Bertz CT molecular complexity index is 1140. The van der Waals surface area contributed by atoms with Crippen LogP contribution in [-0.4, -0.2) is 48.4 Å². The fraction of sp³-hybridized carbons (Fsp3) is 0.481. The lowest BCUT2D eigenvalue weighted by molar-refractivity contribution is -0.125. The molecule has 0 atom stereocenters. The maximum atomic E-state index is 12.8. The van der Waals surface area contributed by atoms with E-state index in [1.807, 2.05) is 28.9 Å². The number of piperidine rings is 2. The van der Waals surface area contributed by atoms with Gasteiger partial charge in [-0.15, -0.1) is 5.10 Å². The molecule has 5 rings (SSSR count). The summed E-state index contributed by atoms with van der Waals surface area (Å²) >= 11 is 6.13. The Morgan fingerprint density at radius 1 is 1.09 bits per heavy atom. The second-order valence-electron chi connectivity index (χ2n) is 9.59. The van der Waals surface area contributed by atoms with Crippen LogP contribution in [0.5, 0.6) is 0 Å². The fourth-order valence-corrected chi connectivity index (χ4v) is 5.33. The number of allylic oxidation sites excluding steroid dienone is 2. The molecule has 2 aromatic rings. The maximum Gasteiger partial charge on any atom is 0.223 e. The first-order valence-electron chi connectivity index (χ1n) is 12.6. The van der Waals surface area contributed by atoms with Crippen molar-refractivity contribution in [2.45, 2.75) is 38.5 Å². The summed E-state index contributed by atoms with van der Waals surface area (Å²) in [5.74, 6) is 1.93. The first-order valence-corrected chi connectivity index (χ1v) is 13.0. The molecular weight excluding hydrogens is 446 g/mol. The van der Waals surface area contributed by atoms with Crippen LogP contribution in [0.25, 0.3) is 17.8 Å². The van der Waals surface area contributed by atoms with Gasteiger partial charge in [0.2, 0.25) is 5.91 Å². The molecule has 7 heteroatoms. The minimum Gasteiger partial charge on any atom is -0.356 e. The van der Waals surface area contributed by atoms with Crippen LogP contribution in [0.2, 0.25) is 5.02 Å². The van der Waals surface area contributed by atoms with Crippen molar-refractivity contribution < 1.29 is 4.79 Å². The lowest BCUT2D eigenvalue weighted by atomic mass is 9.94. The predicted molar refractivity (Wildman–Crippen MR) is 139 cm³/mol. The second-order valence-corrected chi connectivity index (χ2v) is 10.0. The highest BCUT2D eigenvalue weighted by Gasteiger charge is 2.27. The molecule has 1 aromatic carbocycles. The third-order valence-electron chi connectivity index (χ3n) is 7.27. The third-order valence-corrected chi connectivity index (χ3v) is 7.52. The largest absolute Gasteiger partial charge is 0.356 e. The van der Waals surface area contributed by atoms with Gasteiger partial charge >= 0.3 is 0 Å². The summed E-state index contributed by atoms with van der Waals surface area (Å²) in [7, 11) is 0. The number of amides is 1. The summed E-state index contributed by atoms with van der Waals surface area (Å²) in [5.41, 5.74) is 1.01. The van der Waals surface area contributed by atoms with Crippen molar-refractivity contribution in [3.8, 4) is 5.69 Å². The monoisotopic (exact) mass is 479 g/mol. The molecule has 180 valence electrons. The zero-order chi connectivity index (χ0) is 23.3. The van der Waals surface area contributed by atoms with Gasteiger partial charge in [-0.05, 0) is 87.9 Å². The Morgan fingerprint density at radius 3 is 2.62 bits per heavy atom. The highest BCUT2D eigenvalue weighted by Crippen LogP contribution is 2.21. The molecule has 34 heavy (non-hydrogen) atoms. The van der Waals surface area contributed by atoms with E-state index in [0.717, 1.165) is 98.3 Å². The van der Waals surface area contributed by atoms with Gasteiger partial charge in [-0.25, -0.2) is 4.68 Å². The first kappa shape index (κ1) is 23.2. The summed E-state index contributed by atoms with van der Waals surface area (Å²) in [6.07, 6.45) is 14.8. The Hall–Kier alpha value is -2.57. The molecule has 2 N–H and O–H groups in total. The zero-order valence-corrected chi connectivity index (χ0v) is 20.4. The number of hydrogen-bond acceptors (Lipinski definition) is 4. The Morgan fingerprint density at radius 2 is 1.85 bits per heavy atom. The van der Waals surface area contributed by atoms with Crippen molar-refractivity contribution in [1.82, 2.24) is 20.4 Å². The van der Waals surface area contributed by atoms with Crippen molar-refractivity contribution in [1.29, 1.82) is 0 Å². The lowest BCUT2D eigenvalue weighted by Crippen LogP contribution is -2.44. The van der Waals surface area contributed by atoms with E-state index in [9.17, 15) is 4.79 Å². The van der Waals surface area contributed by atoms with E-state index in [4.69, 9.17) is 16.7 Å². The van der Waals surface area contributed by atoms with Crippen LogP contribution >= 0.6 is 11.6 Å². The molecule has 3 aliphatic rings. The van der Waals surface area contributed by atoms with Gasteiger partial charge in [-0.1, -0.05) is 29.8 Å². The minimum atomic E-state index is 0.0913. The van der Waals surface area contributed by atoms with Crippen LogP contribution in [0.4, 0.5) is 5.82 Å². The van der Waals surface area contributed by atoms with Crippen LogP contribution < -0.4 is 26.1 Å². The van der Waals surface area contributed by atoms with Gasteiger partial charge in [0.1, 0.15) is 0 Å². The molecule has 1 aromatic heterocycles. The number of aromatic nitrogens is 2. The molecular formula is C27H34ClN5O. The average molecular weight is 480 g/mol. The van der Waals surface area contributed by atoms with Crippen molar-refractivity contribution in [3.63, 3.8) is 0 Å². The van der Waals surface area contributed by atoms with Crippen LogP contribution in [0.1, 0.15) is 38.5 Å². The molecule has 0 radical (unpaired) electrons. The number of anilines is 1. The van der Waals surface area contributed by atoms with Gasteiger partial charge in [0, 0.05) is 35.8 Å². The first-order chi connectivity index (χ1) is 16.7. The van der Waals surface area contributed by atoms with Crippen molar-refractivity contribution in [3.05, 3.63) is 52.0 Å². The SMILES string of the molecule is O=C(NCC1CCNCC1)C1CCN(c2nn(-c3ccc(Cl)cc3)c3/c2=C\C=C/CC/C=3)CC1. The highest BCUT2D eigenvalue weighted by atomic mass is 35.5. The van der Waals surface area contributed by atoms with Gasteiger partial charge < -0.3 is 15.5 Å². The predicted octanol–water partition coefficient (Wildman–Crippen LogP) is 2.77. The number of hydrogen-bond donors (Lipinski definition) is 2. The third kappa shape index (κ3) is 5.23. The smallest absolute Gasteiger partial charge is 0.223 e. The Labute approximate surface area is 206 Å². The van der Waals surface area contributed by atoms with Crippen molar-refractivity contribution in [2.24, 2.45) is 11.8 Å². The number of nitrogens with one attached hydrogen (secondary N) is 2. The number of benzene rings is 1. The van der Waals surface area contributed by atoms with E-state index in [0.29, 0.717) is 5.92 Å². The second kappa shape index (κ2) is 10.8. The van der Waals surface area contributed by atoms with Gasteiger partial charge in [0.15, 0.2) is 5.82 Å². The highest BCUT2D eigenvalue weighted by molar-refractivity contribution is 6.30. The Kier molecular flexibility index (Phi) is 7.36. The molecule has 0 saturated carbocycles. The minimum absolute atomic E-state index is 0.0913. The molecule has 1 aliphatic carbocycles. The number of rotatable bonds is 5. The van der Waals surface area contributed by atoms with E-state index in [-0.39, 0.29) is 11.8 Å². The molecule has 0 unspecified atom stereocenters. The zero-order valence-electron chi connectivity index (χ0n) is 19.7. The Balaban J connectivity index is 1.32. The summed E-state index contributed by atoms with van der Waals surface area (Å²) in [6, 6.07) is 7.85. The molecule has 0 spiro atoms. The van der Waals surface area contributed by atoms with Crippen LogP contribution in [0.3, 0.4) is 0 Å². The average Bonchev–Trinajstić information content (AvgIpc) is 3.20. The standard InChI is InChI=1S/C27H34ClN5O/c28-22-7-9-23(10-8-22)33-25-6-4-2-1-3-5-24(25)26(31-33)32-17-13-21(14-18-32)27(34)30-19-20-11-15-29-16-12-20/h1,3,5-10,20-21,29H,2,4,11-19H2,(H,30,34)/b3-1-,24-5+,25-6-. The lowest BCUT2D eigenvalue weighted by Gasteiger charge is -2.32. The molecule has 2 saturated heterocycles. The van der Waals surface area contributed by atoms with Crippen molar-refractivity contribution >= 4 is 35.5 Å². The van der Waals surface area contributed by atoms with E-state index in [1.54, 1.807) is 0 Å². The number of carbonyl (C=O) groups excluding carboxylic acids is 1. The summed E-state index contributed by atoms with van der Waals surface area (Å²) in [6.45, 7) is 4.63. The molecule has 2 fully saturated rings. The van der Waals surface area contributed by atoms with E-state index >= 15 is 0 Å². The van der Waals surface area contributed by atoms with Crippen LogP contribution in [-0.2, 0) is 4.79 Å². The molecule has 2 aliphatic heterocycles. The van der Waals surface area contributed by atoms with Crippen LogP contribution in [0, 0.1) is 11.8 Å². The normalized spacial score (nSPS) is 22.4.